The number of amides is 1. The van der Waals surface area contributed by atoms with Crippen molar-refractivity contribution in [3.8, 4) is 5.75 Å². The van der Waals surface area contributed by atoms with E-state index in [1.165, 1.54) is 11.8 Å². The van der Waals surface area contributed by atoms with E-state index < -0.39 is 9.84 Å². The largest absolute Gasteiger partial charge is 0.497 e. The second-order valence-corrected chi connectivity index (χ2v) is 9.62. The number of ether oxygens (including phenoxy) is 1. The van der Waals surface area contributed by atoms with Crippen molar-refractivity contribution in [2.75, 3.05) is 23.5 Å². The average Bonchev–Trinajstić information content (AvgIpc) is 3.03. The smallest absolute Gasteiger partial charge is 0.248 e. The highest BCUT2D eigenvalue weighted by molar-refractivity contribution is 8.16. The molecule has 2 heterocycles. The average molecular weight is 383 g/mol. The van der Waals surface area contributed by atoms with E-state index >= 15 is 0 Å². The van der Waals surface area contributed by atoms with E-state index in [1.807, 2.05) is 36.1 Å². The summed E-state index contributed by atoms with van der Waals surface area (Å²) in [6.07, 6.45) is 2.16. The van der Waals surface area contributed by atoms with E-state index in [1.54, 1.807) is 7.11 Å². The lowest BCUT2D eigenvalue weighted by molar-refractivity contribution is -0.117. The number of carbonyl (C=O) groups excluding carboxylic acids is 1. The Labute approximate surface area is 152 Å². The van der Waals surface area contributed by atoms with Crippen molar-refractivity contribution < 1.29 is 17.9 Å². The van der Waals surface area contributed by atoms with Gasteiger partial charge < -0.3 is 9.64 Å². The highest BCUT2D eigenvalue weighted by atomic mass is 32.2. The fraction of sp³-hybridized carbons (Fsp3) is 0.529. The fourth-order valence-corrected chi connectivity index (χ4v) is 7.05. The standard InChI is InChI=1S/C17H22N2O4S2/c1-3-4-8-16(20)18-17-19(12-6-5-7-13(9-12)23-2)14-10-25(21,22)11-15(14)24-17/h5-7,9,14-15H,3-4,8,10-11H2,1-2H3/t14-,15+/m0/s1. The highest BCUT2D eigenvalue weighted by Gasteiger charge is 2.49. The van der Waals surface area contributed by atoms with Gasteiger partial charge in [0.1, 0.15) is 5.75 Å². The molecule has 0 N–H and O–H groups in total. The summed E-state index contributed by atoms with van der Waals surface area (Å²) in [5.74, 6) is 0.748. The van der Waals surface area contributed by atoms with Crippen LogP contribution >= 0.6 is 11.8 Å². The van der Waals surface area contributed by atoms with Gasteiger partial charge in [0.2, 0.25) is 5.91 Å². The second-order valence-electron chi connectivity index (χ2n) is 6.26. The Kier molecular flexibility index (Phi) is 5.38. The number of nitrogens with zero attached hydrogens (tertiary/aromatic N) is 2. The van der Waals surface area contributed by atoms with Gasteiger partial charge in [0.05, 0.1) is 24.7 Å². The third-order valence-electron chi connectivity index (χ3n) is 4.36. The molecule has 0 aliphatic carbocycles. The molecule has 3 rings (SSSR count). The zero-order valence-electron chi connectivity index (χ0n) is 14.3. The van der Waals surface area contributed by atoms with Gasteiger partial charge in [-0.25, -0.2) is 8.42 Å². The number of sulfone groups is 1. The van der Waals surface area contributed by atoms with Gasteiger partial charge in [-0.2, -0.15) is 4.99 Å². The first-order valence-corrected chi connectivity index (χ1v) is 11.1. The van der Waals surface area contributed by atoms with Crippen LogP contribution in [-0.4, -0.2) is 49.4 Å². The molecule has 2 aliphatic heterocycles. The molecule has 2 fully saturated rings. The van der Waals surface area contributed by atoms with Gasteiger partial charge in [-0.3, -0.25) is 4.79 Å². The van der Waals surface area contributed by atoms with E-state index in [2.05, 4.69) is 4.99 Å². The minimum Gasteiger partial charge on any atom is -0.497 e. The molecule has 0 unspecified atom stereocenters. The number of rotatable bonds is 5. The Hall–Kier alpha value is -1.54. The number of hydrogen-bond donors (Lipinski definition) is 0. The maximum Gasteiger partial charge on any atom is 0.248 e. The predicted octanol–water partition coefficient (Wildman–Crippen LogP) is 2.49. The Balaban J connectivity index is 1.95. The molecular formula is C17H22N2O4S2. The summed E-state index contributed by atoms with van der Waals surface area (Å²) in [4.78, 5) is 18.3. The summed E-state index contributed by atoms with van der Waals surface area (Å²) in [7, 11) is -1.47. The number of benzene rings is 1. The summed E-state index contributed by atoms with van der Waals surface area (Å²) in [5, 5.41) is 0.508. The van der Waals surface area contributed by atoms with Gasteiger partial charge in [-0.1, -0.05) is 31.2 Å². The maximum atomic E-state index is 12.1. The van der Waals surface area contributed by atoms with E-state index in [9.17, 15) is 13.2 Å². The van der Waals surface area contributed by atoms with Crippen LogP contribution in [0.2, 0.25) is 0 Å². The van der Waals surface area contributed by atoms with Crippen molar-refractivity contribution in [2.45, 2.75) is 37.5 Å². The Morgan fingerprint density at radius 2 is 2.20 bits per heavy atom. The normalized spacial score (nSPS) is 26.0. The summed E-state index contributed by atoms with van der Waals surface area (Å²) >= 11 is 1.40. The van der Waals surface area contributed by atoms with E-state index in [0.717, 1.165) is 18.5 Å². The number of hydrogen-bond acceptors (Lipinski definition) is 5. The fourth-order valence-electron chi connectivity index (χ4n) is 3.12. The molecule has 0 saturated carbocycles. The van der Waals surface area contributed by atoms with Crippen LogP contribution in [0.3, 0.4) is 0 Å². The van der Waals surface area contributed by atoms with Crippen LogP contribution in [0.25, 0.3) is 0 Å². The monoisotopic (exact) mass is 382 g/mol. The Bertz CT molecular complexity index is 792. The lowest BCUT2D eigenvalue weighted by Crippen LogP contribution is -2.37. The molecule has 1 aromatic carbocycles. The molecule has 136 valence electrons. The van der Waals surface area contributed by atoms with Crippen LogP contribution in [0.1, 0.15) is 26.2 Å². The number of anilines is 1. The van der Waals surface area contributed by atoms with Crippen LogP contribution in [0.5, 0.6) is 5.75 Å². The lowest BCUT2D eigenvalue weighted by Gasteiger charge is -2.24. The molecular weight excluding hydrogens is 360 g/mol. The molecule has 2 atom stereocenters. The third-order valence-corrected chi connectivity index (χ3v) is 7.57. The van der Waals surface area contributed by atoms with Crippen molar-refractivity contribution in [1.29, 1.82) is 0 Å². The predicted molar refractivity (Wildman–Crippen MR) is 101 cm³/mol. The van der Waals surface area contributed by atoms with Crippen LogP contribution in [0.15, 0.2) is 29.3 Å². The van der Waals surface area contributed by atoms with Crippen LogP contribution in [-0.2, 0) is 14.6 Å². The van der Waals surface area contributed by atoms with Gasteiger partial charge in [-0.05, 0) is 18.6 Å². The van der Waals surface area contributed by atoms with Gasteiger partial charge in [0.15, 0.2) is 15.0 Å². The number of fused-ring (bicyclic) bond motifs is 1. The van der Waals surface area contributed by atoms with Crippen LogP contribution in [0, 0.1) is 0 Å². The second kappa shape index (κ2) is 7.37. The molecule has 0 bridgehead atoms. The Morgan fingerprint density at radius 3 is 2.92 bits per heavy atom. The zero-order chi connectivity index (χ0) is 18.0. The molecule has 25 heavy (non-hydrogen) atoms. The maximum absolute atomic E-state index is 12.1. The molecule has 8 heteroatoms. The minimum absolute atomic E-state index is 0.0873. The highest BCUT2D eigenvalue weighted by Crippen LogP contribution is 2.41. The van der Waals surface area contributed by atoms with E-state index in [-0.39, 0.29) is 28.7 Å². The van der Waals surface area contributed by atoms with Crippen molar-refractivity contribution in [2.24, 2.45) is 4.99 Å². The van der Waals surface area contributed by atoms with Crippen LogP contribution < -0.4 is 9.64 Å². The summed E-state index contributed by atoms with van der Waals surface area (Å²) in [6, 6.07) is 7.23. The van der Waals surface area contributed by atoms with Crippen molar-refractivity contribution in [1.82, 2.24) is 0 Å². The number of unbranched alkanes of at least 4 members (excludes halogenated alkanes) is 1. The van der Waals surface area contributed by atoms with Gasteiger partial charge in [0.25, 0.3) is 0 Å². The SMILES string of the molecule is CCCCC(=O)N=C1S[C@@H]2CS(=O)(=O)C[C@@H]2N1c1cccc(OC)c1. The number of carbonyl (C=O) groups is 1. The first-order valence-electron chi connectivity index (χ1n) is 8.35. The molecule has 1 amide bonds. The molecule has 2 aliphatic rings. The first kappa shape index (κ1) is 18.3. The van der Waals surface area contributed by atoms with Crippen molar-refractivity contribution >= 4 is 38.4 Å². The number of methoxy groups -OCH3 is 1. The Morgan fingerprint density at radius 1 is 1.40 bits per heavy atom. The molecule has 0 spiro atoms. The molecule has 2 saturated heterocycles. The zero-order valence-corrected chi connectivity index (χ0v) is 16.0. The summed E-state index contributed by atoms with van der Waals surface area (Å²) < 4.78 is 29.4. The van der Waals surface area contributed by atoms with Gasteiger partial charge >= 0.3 is 0 Å². The number of thioether (sulfide) groups is 1. The number of aliphatic imine (C=N–C) groups is 1. The lowest BCUT2D eigenvalue weighted by atomic mass is 10.2. The van der Waals surface area contributed by atoms with Crippen LogP contribution in [0.4, 0.5) is 5.69 Å². The third kappa shape index (κ3) is 4.00. The van der Waals surface area contributed by atoms with Crippen molar-refractivity contribution in [3.63, 3.8) is 0 Å². The van der Waals surface area contributed by atoms with Gasteiger partial charge in [0, 0.05) is 23.4 Å². The summed E-state index contributed by atoms with van der Waals surface area (Å²) in [6.45, 7) is 2.03. The van der Waals surface area contributed by atoms with Crippen molar-refractivity contribution in [3.05, 3.63) is 24.3 Å². The van der Waals surface area contributed by atoms with E-state index in [0.29, 0.717) is 17.3 Å². The van der Waals surface area contributed by atoms with Gasteiger partial charge in [-0.15, -0.1) is 0 Å². The molecule has 6 nitrogen and oxygen atoms in total. The summed E-state index contributed by atoms with van der Waals surface area (Å²) in [5.41, 5.74) is 0.804. The van der Waals surface area contributed by atoms with E-state index in [4.69, 9.17) is 4.74 Å². The topological polar surface area (TPSA) is 76.0 Å². The minimum atomic E-state index is -3.06. The molecule has 0 aromatic heterocycles. The first-order chi connectivity index (χ1) is 11.9. The molecule has 0 radical (unpaired) electrons. The molecule has 1 aromatic rings. The number of amidine groups is 1. The quantitative estimate of drug-likeness (QED) is 0.779.